The molecule has 2 atom stereocenters. The molecule has 2 heterocycles. The fourth-order valence-electron chi connectivity index (χ4n) is 4.32. The molecule has 1 aliphatic rings. The maximum atomic E-state index is 14.3. The van der Waals surface area contributed by atoms with Crippen molar-refractivity contribution >= 4 is 11.6 Å². The maximum Gasteiger partial charge on any atom is 0.221 e. The van der Waals surface area contributed by atoms with Crippen molar-refractivity contribution in [1.29, 1.82) is 0 Å². The Hall–Kier alpha value is -3.48. The van der Waals surface area contributed by atoms with Gasteiger partial charge in [0.2, 0.25) is 5.91 Å². The molecular weight excluding hydrogens is 501 g/mol. The van der Waals surface area contributed by atoms with E-state index in [-0.39, 0.29) is 37.0 Å². The van der Waals surface area contributed by atoms with Crippen LogP contribution in [0.2, 0.25) is 0 Å². The van der Waals surface area contributed by atoms with Crippen molar-refractivity contribution in [2.45, 2.75) is 31.6 Å². The first-order valence-corrected chi connectivity index (χ1v) is 12.5. The predicted molar refractivity (Wildman–Crippen MR) is 134 cm³/mol. The molecule has 2 unspecified atom stereocenters. The Morgan fingerprint density at radius 1 is 1.13 bits per heavy atom. The van der Waals surface area contributed by atoms with E-state index >= 15 is 0 Å². The zero-order valence-electron chi connectivity index (χ0n) is 20.8. The second-order valence-corrected chi connectivity index (χ2v) is 9.07. The zero-order valence-corrected chi connectivity index (χ0v) is 20.8. The van der Waals surface area contributed by atoms with Crippen molar-refractivity contribution in [2.24, 2.45) is 0 Å². The van der Waals surface area contributed by atoms with Crippen molar-refractivity contribution < 1.29 is 27.8 Å². The molecule has 0 radical (unpaired) electrons. The normalized spacial score (nSPS) is 14.4. The van der Waals surface area contributed by atoms with Crippen LogP contribution in [0.1, 0.15) is 23.7 Å². The molecule has 4 rings (SSSR count). The number of hydrogen-bond donors (Lipinski definition) is 3. The Bertz CT molecular complexity index is 1200. The fourth-order valence-corrected chi connectivity index (χ4v) is 4.32. The Kier molecular flexibility index (Phi) is 9.68. The maximum absolute atomic E-state index is 14.3. The van der Waals surface area contributed by atoms with E-state index in [2.05, 4.69) is 20.7 Å². The molecule has 1 aromatic heterocycles. The summed E-state index contributed by atoms with van der Waals surface area (Å²) in [5.41, 5.74) is 2.08. The standard InChI is InChI=1S/C26H31F3N6O3/c27-19-3-4-22(23(29)11-19)25(14-35-17-31-16-33-35)38-15-21(36)13-30-7-8-32-26(37)6-10-34-9-5-18-1-2-20(28)12-24(18)34/h1-4,11-12,16-17,21,25,30,36H,5-10,13-15H2,(H,32,37). The molecule has 0 bridgehead atoms. The van der Waals surface area contributed by atoms with E-state index in [4.69, 9.17) is 4.74 Å². The molecular formula is C26H31F3N6O3. The summed E-state index contributed by atoms with van der Waals surface area (Å²) in [5, 5.41) is 20.2. The lowest BCUT2D eigenvalue weighted by molar-refractivity contribution is -0.120. The lowest BCUT2D eigenvalue weighted by atomic mass is 10.1. The number of ether oxygens (including phenoxy) is 1. The monoisotopic (exact) mass is 532 g/mol. The number of anilines is 1. The second-order valence-electron chi connectivity index (χ2n) is 9.07. The van der Waals surface area contributed by atoms with Gasteiger partial charge in [-0.1, -0.05) is 12.1 Å². The number of benzene rings is 2. The molecule has 3 N–H and O–H groups in total. The summed E-state index contributed by atoms with van der Waals surface area (Å²) in [5.74, 6) is -1.84. The van der Waals surface area contributed by atoms with Gasteiger partial charge in [0.05, 0.1) is 19.3 Å². The number of amides is 1. The van der Waals surface area contributed by atoms with Crippen LogP contribution in [0.3, 0.4) is 0 Å². The molecule has 1 aliphatic heterocycles. The van der Waals surface area contributed by atoms with Crippen LogP contribution in [0, 0.1) is 17.5 Å². The Balaban J connectivity index is 1.13. The van der Waals surface area contributed by atoms with Crippen LogP contribution in [0.15, 0.2) is 49.1 Å². The summed E-state index contributed by atoms with van der Waals surface area (Å²) in [4.78, 5) is 18.1. The van der Waals surface area contributed by atoms with Gasteiger partial charge in [-0.2, -0.15) is 5.10 Å². The molecule has 0 saturated heterocycles. The smallest absolute Gasteiger partial charge is 0.221 e. The largest absolute Gasteiger partial charge is 0.389 e. The average Bonchev–Trinajstić information content (AvgIpc) is 3.55. The van der Waals surface area contributed by atoms with E-state index in [1.54, 1.807) is 6.07 Å². The third-order valence-corrected chi connectivity index (χ3v) is 6.27. The topological polar surface area (TPSA) is 105 Å². The predicted octanol–water partition coefficient (Wildman–Crippen LogP) is 1.97. The van der Waals surface area contributed by atoms with E-state index in [0.29, 0.717) is 26.1 Å². The van der Waals surface area contributed by atoms with Gasteiger partial charge in [-0.3, -0.25) is 9.48 Å². The fraction of sp³-hybridized carbons (Fsp3) is 0.423. The first kappa shape index (κ1) is 27.6. The summed E-state index contributed by atoms with van der Waals surface area (Å²) >= 11 is 0. The van der Waals surface area contributed by atoms with Crippen LogP contribution >= 0.6 is 0 Å². The van der Waals surface area contributed by atoms with Crippen molar-refractivity contribution in [2.75, 3.05) is 44.2 Å². The van der Waals surface area contributed by atoms with Crippen molar-refractivity contribution in [1.82, 2.24) is 25.4 Å². The van der Waals surface area contributed by atoms with Crippen LogP contribution in [-0.2, 0) is 22.5 Å². The van der Waals surface area contributed by atoms with E-state index in [0.717, 1.165) is 36.3 Å². The van der Waals surface area contributed by atoms with Gasteiger partial charge in [-0.15, -0.1) is 0 Å². The highest BCUT2D eigenvalue weighted by molar-refractivity contribution is 5.76. The number of fused-ring (bicyclic) bond motifs is 1. The highest BCUT2D eigenvalue weighted by Crippen LogP contribution is 2.28. The van der Waals surface area contributed by atoms with E-state index in [1.165, 1.54) is 35.5 Å². The molecule has 0 saturated carbocycles. The number of aromatic nitrogens is 3. The first-order valence-electron chi connectivity index (χ1n) is 12.5. The lowest BCUT2D eigenvalue weighted by Gasteiger charge is -2.21. The van der Waals surface area contributed by atoms with Crippen LogP contribution in [0.5, 0.6) is 0 Å². The van der Waals surface area contributed by atoms with Crippen molar-refractivity contribution in [3.63, 3.8) is 0 Å². The Morgan fingerprint density at radius 2 is 1.95 bits per heavy atom. The van der Waals surface area contributed by atoms with Gasteiger partial charge in [0.25, 0.3) is 0 Å². The van der Waals surface area contributed by atoms with Crippen LogP contribution in [0.25, 0.3) is 0 Å². The van der Waals surface area contributed by atoms with Gasteiger partial charge < -0.3 is 25.4 Å². The van der Waals surface area contributed by atoms with Crippen molar-refractivity contribution in [3.05, 3.63) is 77.6 Å². The van der Waals surface area contributed by atoms with Crippen LogP contribution in [-0.4, -0.2) is 71.2 Å². The van der Waals surface area contributed by atoms with Gasteiger partial charge in [0.15, 0.2) is 0 Å². The van der Waals surface area contributed by atoms with Gasteiger partial charge in [-0.25, -0.2) is 18.2 Å². The van der Waals surface area contributed by atoms with Gasteiger partial charge >= 0.3 is 0 Å². The Morgan fingerprint density at radius 3 is 2.74 bits per heavy atom. The van der Waals surface area contributed by atoms with E-state index in [9.17, 15) is 23.1 Å². The molecule has 12 heteroatoms. The third-order valence-electron chi connectivity index (χ3n) is 6.27. The Labute approximate surface area is 218 Å². The highest BCUT2D eigenvalue weighted by Gasteiger charge is 2.21. The van der Waals surface area contributed by atoms with E-state index in [1.807, 2.05) is 4.90 Å². The second kappa shape index (κ2) is 13.4. The minimum absolute atomic E-state index is 0.104. The number of rotatable bonds is 14. The molecule has 0 spiro atoms. The summed E-state index contributed by atoms with van der Waals surface area (Å²) in [6.07, 6.45) is 2.21. The molecule has 0 aliphatic carbocycles. The molecule has 38 heavy (non-hydrogen) atoms. The summed E-state index contributed by atoms with van der Waals surface area (Å²) in [6, 6.07) is 7.98. The average molecular weight is 533 g/mol. The van der Waals surface area contributed by atoms with Crippen LogP contribution in [0.4, 0.5) is 18.9 Å². The first-order chi connectivity index (χ1) is 18.4. The molecule has 9 nitrogen and oxygen atoms in total. The summed E-state index contributed by atoms with van der Waals surface area (Å²) in [6.45, 7) is 2.29. The van der Waals surface area contributed by atoms with Gasteiger partial charge in [-0.05, 0) is 30.2 Å². The van der Waals surface area contributed by atoms with E-state index < -0.39 is 23.8 Å². The number of halogens is 3. The molecule has 204 valence electrons. The van der Waals surface area contributed by atoms with Crippen molar-refractivity contribution in [3.8, 4) is 0 Å². The zero-order chi connectivity index (χ0) is 26.9. The third kappa shape index (κ3) is 7.76. The lowest BCUT2D eigenvalue weighted by Crippen LogP contribution is -2.37. The molecule has 0 fully saturated rings. The summed E-state index contributed by atoms with van der Waals surface area (Å²) in [7, 11) is 0. The molecule has 3 aromatic rings. The molecule has 1 amide bonds. The minimum atomic E-state index is -0.900. The highest BCUT2D eigenvalue weighted by atomic mass is 19.1. The van der Waals surface area contributed by atoms with Gasteiger partial charge in [0, 0.05) is 56.5 Å². The summed E-state index contributed by atoms with van der Waals surface area (Å²) < 4.78 is 48.4. The number of nitrogens with one attached hydrogen (secondary N) is 2. The van der Waals surface area contributed by atoms with Crippen LogP contribution < -0.4 is 15.5 Å². The number of carbonyl (C=O) groups excluding carboxylic acids is 1. The SMILES string of the molecule is O=C(CCN1CCc2ccc(F)cc21)NCCNCC(O)COC(Cn1cncn1)c1ccc(F)cc1F. The number of nitrogens with zero attached hydrogens (tertiary/aromatic N) is 4. The van der Waals surface area contributed by atoms with Gasteiger partial charge in [0.1, 0.15) is 36.2 Å². The minimum Gasteiger partial charge on any atom is -0.389 e. The number of aliphatic hydroxyl groups excluding tert-OH is 1. The number of hydrogen-bond acceptors (Lipinski definition) is 7. The number of aliphatic hydroxyl groups is 1. The quantitative estimate of drug-likeness (QED) is 0.273. The molecule has 2 aromatic carbocycles. The number of carbonyl (C=O) groups is 1.